The van der Waals surface area contributed by atoms with Crippen LogP contribution in [0.3, 0.4) is 0 Å². The van der Waals surface area contributed by atoms with Gasteiger partial charge >= 0.3 is 30.3 Å². The van der Waals surface area contributed by atoms with Gasteiger partial charge in [-0.3, -0.25) is 0 Å². The minimum atomic E-state index is -2.15. The van der Waals surface area contributed by atoms with E-state index in [1.807, 2.05) is 0 Å². The van der Waals surface area contributed by atoms with E-state index in [1.54, 1.807) is 0 Å². The van der Waals surface area contributed by atoms with E-state index in [-0.39, 0.29) is 57.8 Å². The maximum atomic E-state index is 13.0. The Hall–Kier alpha value is -5.65. The van der Waals surface area contributed by atoms with E-state index in [4.69, 9.17) is 18.9 Å². The van der Waals surface area contributed by atoms with Crippen LogP contribution in [0, 0.1) is 0 Å². The number of hydrogen-bond acceptors (Lipinski definition) is 8. The highest BCUT2D eigenvalue weighted by atomic mass is 19.3. The van der Waals surface area contributed by atoms with Gasteiger partial charge in [0, 0.05) is 22.3 Å². The standard InChI is InChI=1S/C31H22F4O8/c1-17(2)29(36)41-21-9-5-19(6-10-21)23-13-26(40-16-28(34)35)24(14-25(23)39-15-27(32)33)20-7-11-22(12-8-20)42-31(38)43-30(37)18(3)4/h5-16H,1,3H2,2,4H3. The van der Waals surface area contributed by atoms with Gasteiger partial charge in [0.05, 0.1) is 0 Å². The summed E-state index contributed by atoms with van der Waals surface area (Å²) in [5, 5.41) is 0. The lowest BCUT2D eigenvalue weighted by Crippen LogP contribution is -2.16. The third-order valence-electron chi connectivity index (χ3n) is 5.25. The van der Waals surface area contributed by atoms with Crippen molar-refractivity contribution in [3.63, 3.8) is 0 Å². The van der Waals surface area contributed by atoms with Crippen molar-refractivity contribution in [3.8, 4) is 45.3 Å². The molecule has 0 radical (unpaired) electrons. The predicted molar refractivity (Wildman–Crippen MR) is 147 cm³/mol. The second-order valence-electron chi connectivity index (χ2n) is 8.64. The van der Waals surface area contributed by atoms with Crippen LogP contribution in [0.1, 0.15) is 13.8 Å². The first kappa shape index (κ1) is 31.9. The summed E-state index contributed by atoms with van der Waals surface area (Å²) >= 11 is 0. The highest BCUT2D eigenvalue weighted by Gasteiger charge is 2.18. The van der Waals surface area contributed by atoms with Gasteiger partial charge in [-0.2, -0.15) is 17.6 Å². The smallest absolute Gasteiger partial charge is 0.459 e. The SMILES string of the molecule is C=C(C)C(=O)OC(=O)Oc1ccc(-c2cc(OC=C(F)F)c(-c3ccc(OC(=O)C(=C)C)cc3)cc2OC=C(F)F)cc1. The molecule has 0 fully saturated rings. The zero-order valence-electron chi connectivity index (χ0n) is 22.6. The van der Waals surface area contributed by atoms with Crippen LogP contribution < -0.4 is 18.9 Å². The van der Waals surface area contributed by atoms with E-state index < -0.39 is 30.3 Å². The monoisotopic (exact) mass is 598 g/mol. The Labute approximate surface area is 242 Å². The summed E-state index contributed by atoms with van der Waals surface area (Å²) in [6, 6.07) is 13.8. The van der Waals surface area contributed by atoms with Gasteiger partial charge in [0.2, 0.25) is 0 Å². The summed E-state index contributed by atoms with van der Waals surface area (Å²) in [7, 11) is 0. The quantitative estimate of drug-likeness (QED) is 0.0437. The summed E-state index contributed by atoms with van der Waals surface area (Å²) in [5.41, 5.74) is 1.11. The zero-order valence-corrected chi connectivity index (χ0v) is 22.6. The van der Waals surface area contributed by atoms with Crippen LogP contribution in [0.2, 0.25) is 0 Å². The van der Waals surface area contributed by atoms with E-state index >= 15 is 0 Å². The molecule has 0 saturated heterocycles. The van der Waals surface area contributed by atoms with Crippen molar-refractivity contribution in [2.24, 2.45) is 0 Å². The van der Waals surface area contributed by atoms with E-state index in [0.29, 0.717) is 11.1 Å². The number of ether oxygens (including phenoxy) is 5. The Kier molecular flexibility index (Phi) is 10.6. The Bertz CT molecular complexity index is 1620. The first-order chi connectivity index (χ1) is 20.3. The van der Waals surface area contributed by atoms with Crippen LogP contribution >= 0.6 is 0 Å². The lowest BCUT2D eigenvalue weighted by Gasteiger charge is -2.16. The molecule has 0 aliphatic rings. The zero-order chi connectivity index (χ0) is 31.7. The number of carbonyl (C=O) groups excluding carboxylic acids is 3. The van der Waals surface area contributed by atoms with Crippen molar-refractivity contribution in [2.45, 2.75) is 13.8 Å². The Morgan fingerprint density at radius 3 is 1.40 bits per heavy atom. The van der Waals surface area contributed by atoms with Crippen molar-refractivity contribution < 1.29 is 55.6 Å². The normalized spacial score (nSPS) is 10.1. The average Bonchev–Trinajstić information content (AvgIpc) is 2.95. The topological polar surface area (TPSA) is 97.4 Å². The number of carbonyl (C=O) groups is 3. The van der Waals surface area contributed by atoms with Crippen LogP contribution in [-0.2, 0) is 14.3 Å². The summed E-state index contributed by atoms with van der Waals surface area (Å²) in [6.45, 7) is 9.65. The molecule has 0 aromatic heterocycles. The largest absolute Gasteiger partial charge is 0.521 e. The molecule has 8 nitrogen and oxygen atoms in total. The van der Waals surface area contributed by atoms with Gasteiger partial charge in [0.15, 0.2) is 12.5 Å². The lowest BCUT2D eigenvalue weighted by atomic mass is 9.97. The molecule has 0 unspecified atom stereocenters. The molecule has 3 aromatic rings. The summed E-state index contributed by atoms with van der Waals surface area (Å²) in [4.78, 5) is 35.1. The van der Waals surface area contributed by atoms with Crippen LogP contribution in [-0.4, -0.2) is 18.1 Å². The van der Waals surface area contributed by atoms with E-state index in [2.05, 4.69) is 17.9 Å². The van der Waals surface area contributed by atoms with Gasteiger partial charge in [0.1, 0.15) is 23.0 Å². The number of halogens is 4. The minimum Gasteiger partial charge on any atom is -0.459 e. The molecule has 0 aliphatic carbocycles. The molecule has 3 aromatic carbocycles. The number of esters is 2. The summed E-state index contributed by atoms with van der Waals surface area (Å²) in [6.07, 6.45) is -5.21. The molecule has 0 saturated carbocycles. The molecular formula is C31H22F4O8. The molecule has 0 N–H and O–H groups in total. The van der Waals surface area contributed by atoms with Crippen molar-refractivity contribution in [1.29, 1.82) is 0 Å². The van der Waals surface area contributed by atoms with E-state index in [1.165, 1.54) is 74.5 Å². The molecule has 0 bridgehead atoms. The predicted octanol–water partition coefficient (Wildman–Crippen LogP) is 8.35. The highest BCUT2D eigenvalue weighted by molar-refractivity contribution is 5.94. The van der Waals surface area contributed by atoms with Crippen molar-refractivity contribution in [2.75, 3.05) is 0 Å². The summed E-state index contributed by atoms with van der Waals surface area (Å²) in [5.74, 6) is -1.76. The fourth-order valence-corrected chi connectivity index (χ4v) is 3.30. The fourth-order valence-electron chi connectivity index (χ4n) is 3.30. The summed E-state index contributed by atoms with van der Waals surface area (Å²) < 4.78 is 76.8. The second kappa shape index (κ2) is 14.3. The molecular weight excluding hydrogens is 576 g/mol. The number of benzene rings is 3. The van der Waals surface area contributed by atoms with Crippen LogP contribution in [0.5, 0.6) is 23.0 Å². The van der Waals surface area contributed by atoms with Crippen LogP contribution in [0.4, 0.5) is 22.4 Å². The molecule has 222 valence electrons. The first-order valence-corrected chi connectivity index (χ1v) is 12.1. The maximum absolute atomic E-state index is 13.0. The minimum absolute atomic E-state index is 0.0234. The third-order valence-corrected chi connectivity index (χ3v) is 5.25. The Morgan fingerprint density at radius 1 is 0.628 bits per heavy atom. The Balaban J connectivity index is 2.05. The average molecular weight is 599 g/mol. The Morgan fingerprint density at radius 2 is 1.02 bits per heavy atom. The van der Waals surface area contributed by atoms with Gasteiger partial charge in [-0.15, -0.1) is 0 Å². The van der Waals surface area contributed by atoms with Gasteiger partial charge < -0.3 is 23.7 Å². The van der Waals surface area contributed by atoms with Crippen molar-refractivity contribution in [3.05, 3.63) is 110 Å². The molecule has 0 spiro atoms. The molecule has 3 rings (SSSR count). The van der Waals surface area contributed by atoms with Gasteiger partial charge in [-0.05, 0) is 61.4 Å². The van der Waals surface area contributed by atoms with E-state index in [9.17, 15) is 31.9 Å². The van der Waals surface area contributed by atoms with Gasteiger partial charge in [-0.25, -0.2) is 14.4 Å². The first-order valence-electron chi connectivity index (χ1n) is 12.1. The van der Waals surface area contributed by atoms with Crippen molar-refractivity contribution >= 4 is 18.1 Å². The molecule has 12 heteroatoms. The highest BCUT2D eigenvalue weighted by Crippen LogP contribution is 2.42. The lowest BCUT2D eigenvalue weighted by molar-refractivity contribution is -0.134. The molecule has 0 aliphatic heterocycles. The second-order valence-corrected chi connectivity index (χ2v) is 8.64. The van der Waals surface area contributed by atoms with Gasteiger partial charge in [-0.1, -0.05) is 37.4 Å². The van der Waals surface area contributed by atoms with Crippen LogP contribution in [0.15, 0.2) is 110 Å². The molecule has 0 amide bonds. The molecule has 0 heterocycles. The molecule has 43 heavy (non-hydrogen) atoms. The van der Waals surface area contributed by atoms with Crippen molar-refractivity contribution in [1.82, 2.24) is 0 Å². The molecule has 0 atom stereocenters. The fraction of sp³-hybridized carbons (Fsp3) is 0.0645. The van der Waals surface area contributed by atoms with E-state index in [0.717, 1.165) is 0 Å². The van der Waals surface area contributed by atoms with Crippen LogP contribution in [0.25, 0.3) is 22.3 Å². The maximum Gasteiger partial charge on any atom is 0.521 e. The third kappa shape index (κ3) is 9.18. The number of rotatable bonds is 10. The number of hydrogen-bond donors (Lipinski definition) is 0. The van der Waals surface area contributed by atoms with Gasteiger partial charge in [0.25, 0.3) is 0 Å².